The van der Waals surface area contributed by atoms with Gasteiger partial charge in [-0.25, -0.2) is 4.98 Å². The third-order valence-corrected chi connectivity index (χ3v) is 6.38. The predicted octanol–water partition coefficient (Wildman–Crippen LogP) is 3.70. The maximum absolute atomic E-state index is 13.1. The second kappa shape index (κ2) is 7.27. The van der Waals surface area contributed by atoms with Crippen LogP contribution in [0.4, 0.5) is 5.69 Å². The Morgan fingerprint density at radius 3 is 2.89 bits per heavy atom. The van der Waals surface area contributed by atoms with Crippen molar-refractivity contribution in [2.75, 3.05) is 11.4 Å². The molecule has 1 aliphatic rings. The summed E-state index contributed by atoms with van der Waals surface area (Å²) >= 11 is 1.63. The quantitative estimate of drug-likeness (QED) is 0.692. The minimum Gasteiger partial charge on any atom is -0.311 e. The van der Waals surface area contributed by atoms with Crippen LogP contribution >= 0.6 is 11.3 Å². The molecular weight excluding hydrogens is 358 g/mol. The molecule has 1 aliphatic carbocycles. The van der Waals surface area contributed by atoms with Gasteiger partial charge >= 0.3 is 0 Å². The van der Waals surface area contributed by atoms with Crippen molar-refractivity contribution in [2.45, 2.75) is 46.1 Å². The number of benzene rings is 1. The highest BCUT2D eigenvalue weighted by molar-refractivity contribution is 7.18. The third-order valence-electron chi connectivity index (χ3n) is 5.18. The predicted molar refractivity (Wildman–Crippen MR) is 110 cm³/mol. The van der Waals surface area contributed by atoms with Gasteiger partial charge < -0.3 is 4.90 Å². The molecule has 1 amide bonds. The molecule has 0 aliphatic heterocycles. The van der Waals surface area contributed by atoms with Crippen molar-refractivity contribution in [3.8, 4) is 0 Å². The van der Waals surface area contributed by atoms with Crippen LogP contribution in [0.15, 0.2) is 35.4 Å². The first-order chi connectivity index (χ1) is 13.1. The molecule has 5 nitrogen and oxygen atoms in total. The number of nitrogens with zero attached hydrogens (tertiary/aromatic N) is 3. The molecule has 0 bridgehead atoms. The molecule has 0 spiro atoms. The summed E-state index contributed by atoms with van der Waals surface area (Å²) in [6.45, 7) is 4.51. The SMILES string of the molecule is CCN(C(=O)Cn1cnc2sc3c(c2c1=O)CCCC3)c1cccc(C)c1. The number of rotatable bonds is 4. The normalized spacial score (nSPS) is 13.6. The van der Waals surface area contributed by atoms with Crippen molar-refractivity contribution in [1.29, 1.82) is 0 Å². The minimum atomic E-state index is -0.101. The van der Waals surface area contributed by atoms with Gasteiger partial charge in [-0.15, -0.1) is 11.3 Å². The Balaban J connectivity index is 1.67. The van der Waals surface area contributed by atoms with E-state index in [0.717, 1.165) is 46.3 Å². The highest BCUT2D eigenvalue weighted by Crippen LogP contribution is 2.33. The lowest BCUT2D eigenvalue weighted by molar-refractivity contribution is -0.119. The molecule has 2 heterocycles. The summed E-state index contributed by atoms with van der Waals surface area (Å²) < 4.78 is 1.46. The Bertz CT molecular complexity index is 1070. The van der Waals surface area contributed by atoms with Crippen molar-refractivity contribution in [1.82, 2.24) is 9.55 Å². The monoisotopic (exact) mass is 381 g/mol. The van der Waals surface area contributed by atoms with Crippen LogP contribution in [0.25, 0.3) is 10.2 Å². The summed E-state index contributed by atoms with van der Waals surface area (Å²) in [6, 6.07) is 7.86. The second-order valence-electron chi connectivity index (χ2n) is 7.05. The van der Waals surface area contributed by atoms with E-state index >= 15 is 0 Å². The van der Waals surface area contributed by atoms with Crippen molar-refractivity contribution in [3.05, 3.63) is 57.0 Å². The molecule has 4 rings (SSSR count). The summed E-state index contributed by atoms with van der Waals surface area (Å²) in [5.74, 6) is -0.101. The molecule has 0 fully saturated rings. The topological polar surface area (TPSA) is 55.2 Å². The molecule has 140 valence electrons. The fourth-order valence-corrected chi connectivity index (χ4v) is 5.04. The molecule has 6 heteroatoms. The van der Waals surface area contributed by atoms with Gasteiger partial charge in [0.05, 0.1) is 11.7 Å². The molecule has 0 saturated heterocycles. The van der Waals surface area contributed by atoms with Crippen LogP contribution in [-0.4, -0.2) is 22.0 Å². The molecule has 2 aromatic heterocycles. The number of thiophene rings is 1. The smallest absolute Gasteiger partial charge is 0.262 e. The molecule has 27 heavy (non-hydrogen) atoms. The molecule has 3 aromatic rings. The van der Waals surface area contributed by atoms with Crippen molar-refractivity contribution in [3.63, 3.8) is 0 Å². The average Bonchev–Trinajstić information content (AvgIpc) is 3.04. The second-order valence-corrected chi connectivity index (χ2v) is 8.13. The molecule has 0 saturated carbocycles. The van der Waals surface area contributed by atoms with Crippen molar-refractivity contribution in [2.24, 2.45) is 0 Å². The maximum Gasteiger partial charge on any atom is 0.262 e. The maximum atomic E-state index is 13.1. The van der Waals surface area contributed by atoms with E-state index in [1.165, 1.54) is 22.2 Å². The van der Waals surface area contributed by atoms with E-state index < -0.39 is 0 Å². The summed E-state index contributed by atoms with van der Waals surface area (Å²) in [5.41, 5.74) is 3.03. The fourth-order valence-electron chi connectivity index (χ4n) is 3.82. The number of aromatic nitrogens is 2. The summed E-state index contributed by atoms with van der Waals surface area (Å²) in [5, 5.41) is 0.726. The first-order valence-electron chi connectivity index (χ1n) is 9.45. The number of anilines is 1. The van der Waals surface area contributed by atoms with Gasteiger partial charge in [0.1, 0.15) is 11.4 Å². The number of likely N-dealkylation sites (N-methyl/N-ethyl adjacent to an activating group) is 1. The van der Waals surface area contributed by atoms with Gasteiger partial charge in [-0.05, 0) is 62.8 Å². The Kier molecular flexibility index (Phi) is 4.83. The zero-order chi connectivity index (χ0) is 19.0. The van der Waals surface area contributed by atoms with Gasteiger partial charge in [-0.2, -0.15) is 0 Å². The third kappa shape index (κ3) is 3.30. The number of aryl methyl sites for hydroxylation is 3. The average molecular weight is 382 g/mol. The van der Waals surface area contributed by atoms with E-state index in [0.29, 0.717) is 6.54 Å². The number of amides is 1. The van der Waals surface area contributed by atoms with Gasteiger partial charge in [0.15, 0.2) is 0 Å². The first-order valence-corrected chi connectivity index (χ1v) is 10.3. The Hall–Kier alpha value is -2.47. The summed E-state index contributed by atoms with van der Waals surface area (Å²) in [4.78, 5) is 34.3. The van der Waals surface area contributed by atoms with Crippen LogP contribution in [0.2, 0.25) is 0 Å². The van der Waals surface area contributed by atoms with E-state index in [4.69, 9.17) is 0 Å². The molecule has 0 unspecified atom stereocenters. The highest BCUT2D eigenvalue weighted by atomic mass is 32.1. The van der Waals surface area contributed by atoms with Gasteiger partial charge in [0.2, 0.25) is 5.91 Å². The fraction of sp³-hybridized carbons (Fsp3) is 0.381. The number of carbonyl (C=O) groups is 1. The zero-order valence-corrected chi connectivity index (χ0v) is 16.5. The van der Waals surface area contributed by atoms with Gasteiger partial charge in [-0.3, -0.25) is 14.2 Å². The van der Waals surface area contributed by atoms with Gasteiger partial charge in [0, 0.05) is 17.1 Å². The largest absolute Gasteiger partial charge is 0.311 e. The van der Waals surface area contributed by atoms with Crippen molar-refractivity contribution >= 4 is 33.1 Å². The number of carbonyl (C=O) groups excluding carboxylic acids is 1. The van der Waals surface area contributed by atoms with Gasteiger partial charge in [0.25, 0.3) is 5.56 Å². The van der Waals surface area contributed by atoms with Crippen LogP contribution < -0.4 is 10.5 Å². The van der Waals surface area contributed by atoms with E-state index in [2.05, 4.69) is 4.98 Å². The lowest BCUT2D eigenvalue weighted by Crippen LogP contribution is -2.36. The Morgan fingerprint density at radius 1 is 1.30 bits per heavy atom. The lowest BCUT2D eigenvalue weighted by atomic mass is 9.97. The number of hydrogen-bond acceptors (Lipinski definition) is 4. The molecule has 0 atom stereocenters. The zero-order valence-electron chi connectivity index (χ0n) is 15.7. The van der Waals surface area contributed by atoms with Crippen LogP contribution in [0.5, 0.6) is 0 Å². The lowest BCUT2D eigenvalue weighted by Gasteiger charge is -2.22. The van der Waals surface area contributed by atoms with E-state index in [9.17, 15) is 9.59 Å². The summed E-state index contributed by atoms with van der Waals surface area (Å²) in [7, 11) is 0. The van der Waals surface area contributed by atoms with E-state index in [1.54, 1.807) is 16.2 Å². The Morgan fingerprint density at radius 2 is 2.11 bits per heavy atom. The molecule has 0 radical (unpaired) electrons. The molecule has 0 N–H and O–H groups in total. The van der Waals surface area contributed by atoms with Crippen molar-refractivity contribution < 1.29 is 4.79 Å². The highest BCUT2D eigenvalue weighted by Gasteiger charge is 2.21. The van der Waals surface area contributed by atoms with Crippen LogP contribution in [-0.2, 0) is 24.2 Å². The summed E-state index contributed by atoms with van der Waals surface area (Å²) in [6.07, 6.45) is 5.78. The Labute approximate surface area is 162 Å². The van der Waals surface area contributed by atoms with Crippen LogP contribution in [0.3, 0.4) is 0 Å². The number of hydrogen-bond donors (Lipinski definition) is 0. The first kappa shape index (κ1) is 17.9. The van der Waals surface area contributed by atoms with E-state index in [-0.39, 0.29) is 18.0 Å². The van der Waals surface area contributed by atoms with Crippen LogP contribution in [0.1, 0.15) is 35.8 Å². The molecule has 1 aromatic carbocycles. The standard InChI is InChI=1S/C21H23N3O2S/c1-3-24(15-8-6-7-14(2)11-15)18(25)12-23-13-22-20-19(21(23)26)16-9-4-5-10-17(16)27-20/h6-8,11,13H,3-5,9-10,12H2,1-2H3. The van der Waals surface area contributed by atoms with Gasteiger partial charge in [-0.1, -0.05) is 12.1 Å². The molecular formula is C21H23N3O2S. The van der Waals surface area contributed by atoms with E-state index in [1.807, 2.05) is 38.1 Å². The van der Waals surface area contributed by atoms with Crippen LogP contribution in [0, 0.1) is 6.92 Å². The number of fused-ring (bicyclic) bond motifs is 3. The minimum absolute atomic E-state index is 0.00811.